The Labute approximate surface area is 365 Å². The zero-order valence-corrected chi connectivity index (χ0v) is 40.1. The highest BCUT2D eigenvalue weighted by Gasteiger charge is 2.20. The van der Waals surface area contributed by atoms with E-state index in [1.165, 1.54) is 270 Å². The Morgan fingerprint density at radius 2 is 0.552 bits per heavy atom. The summed E-state index contributed by atoms with van der Waals surface area (Å²) in [7, 11) is 0. The average Bonchev–Trinajstić information content (AvgIpc) is 3.23. The van der Waals surface area contributed by atoms with Gasteiger partial charge in [-0.05, 0) is 12.8 Å². The van der Waals surface area contributed by atoms with E-state index >= 15 is 0 Å². The van der Waals surface area contributed by atoms with Gasteiger partial charge in [0.2, 0.25) is 5.91 Å². The first-order valence-electron chi connectivity index (χ1n) is 27.2. The number of amides is 1. The summed E-state index contributed by atoms with van der Waals surface area (Å²) >= 11 is 0. The van der Waals surface area contributed by atoms with Crippen LogP contribution in [-0.4, -0.2) is 34.9 Å². The molecule has 348 valence electrons. The van der Waals surface area contributed by atoms with Gasteiger partial charge >= 0.3 is 0 Å². The minimum atomic E-state index is -0.654. The summed E-state index contributed by atoms with van der Waals surface area (Å²) in [6.45, 7) is 4.40. The molecule has 0 saturated carbocycles. The molecule has 0 aromatic rings. The Morgan fingerprint density at radius 3 is 0.776 bits per heavy atom. The lowest BCUT2D eigenvalue weighted by molar-refractivity contribution is -0.123. The van der Waals surface area contributed by atoms with Crippen LogP contribution in [0.15, 0.2) is 0 Å². The molecule has 0 aliphatic heterocycles. The maximum atomic E-state index is 12.5. The highest BCUT2D eigenvalue weighted by atomic mass is 16.3. The highest BCUT2D eigenvalue weighted by molar-refractivity contribution is 5.76. The van der Waals surface area contributed by atoms with Gasteiger partial charge in [-0.15, -0.1) is 0 Å². The van der Waals surface area contributed by atoms with Crippen LogP contribution < -0.4 is 5.32 Å². The van der Waals surface area contributed by atoms with Crippen LogP contribution in [0.1, 0.15) is 322 Å². The predicted molar refractivity (Wildman–Crippen MR) is 258 cm³/mol. The molecule has 58 heavy (non-hydrogen) atoms. The molecule has 3 N–H and O–H groups in total. The SMILES string of the molecule is CCCCCCCCCCCCCCCCCCCCCCCCCC(=O)NC(CO)C(O)CCCCCCCCCCCCCCCCCCCCCCCCC. The largest absolute Gasteiger partial charge is 0.394 e. The van der Waals surface area contributed by atoms with Crippen LogP contribution in [0.3, 0.4) is 0 Å². The number of aliphatic hydroxyl groups is 2. The highest BCUT2D eigenvalue weighted by Crippen LogP contribution is 2.18. The van der Waals surface area contributed by atoms with Crippen molar-refractivity contribution >= 4 is 5.91 Å². The third-order valence-electron chi connectivity index (χ3n) is 13.1. The van der Waals surface area contributed by atoms with Crippen molar-refractivity contribution in [3.05, 3.63) is 0 Å². The molecule has 0 spiro atoms. The molecule has 0 aromatic carbocycles. The second-order valence-electron chi connectivity index (χ2n) is 19.0. The van der Waals surface area contributed by atoms with Crippen molar-refractivity contribution in [3.8, 4) is 0 Å². The Balaban J connectivity index is 3.41. The lowest BCUT2D eigenvalue weighted by Gasteiger charge is -2.22. The molecule has 2 unspecified atom stereocenters. The van der Waals surface area contributed by atoms with Crippen LogP contribution in [-0.2, 0) is 4.79 Å². The predicted octanol–water partition coefficient (Wildman–Crippen LogP) is 17.6. The normalized spacial score (nSPS) is 12.7. The lowest BCUT2D eigenvalue weighted by Crippen LogP contribution is -2.45. The van der Waals surface area contributed by atoms with Crippen molar-refractivity contribution in [1.82, 2.24) is 5.32 Å². The maximum absolute atomic E-state index is 12.5. The molecule has 4 heteroatoms. The summed E-state index contributed by atoms with van der Waals surface area (Å²) < 4.78 is 0. The summed E-state index contributed by atoms with van der Waals surface area (Å²) in [4.78, 5) is 12.5. The molecule has 2 atom stereocenters. The van der Waals surface area contributed by atoms with Gasteiger partial charge in [0, 0.05) is 6.42 Å². The van der Waals surface area contributed by atoms with E-state index in [-0.39, 0.29) is 12.5 Å². The fourth-order valence-corrected chi connectivity index (χ4v) is 8.95. The van der Waals surface area contributed by atoms with E-state index in [9.17, 15) is 15.0 Å². The number of hydrogen-bond acceptors (Lipinski definition) is 3. The molecule has 0 radical (unpaired) electrons. The fraction of sp³-hybridized carbons (Fsp3) is 0.981. The molecule has 0 aromatic heterocycles. The summed E-state index contributed by atoms with van der Waals surface area (Å²) in [5.74, 6) is -0.0223. The summed E-state index contributed by atoms with van der Waals surface area (Å²) in [5.41, 5.74) is 0. The number of carbonyl (C=O) groups is 1. The van der Waals surface area contributed by atoms with E-state index < -0.39 is 12.1 Å². The van der Waals surface area contributed by atoms with Crippen LogP contribution in [0.25, 0.3) is 0 Å². The molecule has 0 rings (SSSR count). The van der Waals surface area contributed by atoms with Crippen molar-refractivity contribution in [2.75, 3.05) is 6.61 Å². The number of aliphatic hydroxyl groups excluding tert-OH is 2. The van der Waals surface area contributed by atoms with Crippen LogP contribution in [0.2, 0.25) is 0 Å². The van der Waals surface area contributed by atoms with E-state index in [1.54, 1.807) is 0 Å². The van der Waals surface area contributed by atoms with Gasteiger partial charge in [0.05, 0.1) is 18.8 Å². The van der Waals surface area contributed by atoms with Crippen molar-refractivity contribution in [3.63, 3.8) is 0 Å². The van der Waals surface area contributed by atoms with Crippen LogP contribution >= 0.6 is 0 Å². The van der Waals surface area contributed by atoms with Gasteiger partial charge in [0.1, 0.15) is 0 Å². The summed E-state index contributed by atoms with van der Waals surface area (Å²) in [6, 6.07) is -0.531. The van der Waals surface area contributed by atoms with Gasteiger partial charge in [-0.2, -0.15) is 0 Å². The van der Waals surface area contributed by atoms with Gasteiger partial charge in [-0.3, -0.25) is 4.79 Å². The zero-order valence-electron chi connectivity index (χ0n) is 40.1. The first-order valence-corrected chi connectivity index (χ1v) is 27.2. The number of unbranched alkanes of at least 4 members (excludes halogenated alkanes) is 44. The Morgan fingerprint density at radius 1 is 0.345 bits per heavy atom. The molecule has 0 fully saturated rings. The van der Waals surface area contributed by atoms with E-state index in [2.05, 4.69) is 19.2 Å². The number of nitrogens with one attached hydrogen (secondary N) is 1. The molecule has 0 saturated heterocycles. The Hall–Kier alpha value is -0.610. The van der Waals surface area contributed by atoms with Crippen LogP contribution in [0.5, 0.6) is 0 Å². The lowest BCUT2D eigenvalue weighted by atomic mass is 10.0. The van der Waals surface area contributed by atoms with Crippen molar-refractivity contribution in [2.45, 2.75) is 334 Å². The third kappa shape index (κ3) is 46.5. The van der Waals surface area contributed by atoms with Crippen LogP contribution in [0.4, 0.5) is 0 Å². The molecule has 0 bridgehead atoms. The standard InChI is InChI=1S/C54H109NO3/c1-3-5-7-9-11-13-15-17-19-21-23-25-27-29-31-33-35-37-39-41-43-45-47-49-53(57)52(51-56)55-54(58)50-48-46-44-42-40-38-36-34-32-30-28-26-24-22-20-18-16-14-12-10-8-6-4-2/h52-53,56-57H,3-51H2,1-2H3,(H,55,58). The summed E-state index contributed by atoms with van der Waals surface area (Å²) in [6.07, 6.45) is 63.7. The second kappa shape index (κ2) is 50.7. The van der Waals surface area contributed by atoms with E-state index in [4.69, 9.17) is 0 Å². The molecule has 0 aliphatic carbocycles. The molecular formula is C54H109NO3. The molecule has 1 amide bonds. The minimum absolute atomic E-state index is 0.0223. The number of carbonyl (C=O) groups excluding carboxylic acids is 1. The Bertz CT molecular complexity index is 759. The van der Waals surface area contributed by atoms with Gasteiger partial charge < -0.3 is 15.5 Å². The van der Waals surface area contributed by atoms with Crippen molar-refractivity contribution < 1.29 is 15.0 Å². The summed E-state index contributed by atoms with van der Waals surface area (Å²) in [5, 5.41) is 23.3. The fourth-order valence-electron chi connectivity index (χ4n) is 8.95. The van der Waals surface area contributed by atoms with Gasteiger partial charge in [0.25, 0.3) is 0 Å². The third-order valence-corrected chi connectivity index (χ3v) is 13.1. The van der Waals surface area contributed by atoms with Crippen molar-refractivity contribution in [2.24, 2.45) is 0 Å². The monoisotopic (exact) mass is 820 g/mol. The molecule has 0 aliphatic rings. The smallest absolute Gasteiger partial charge is 0.220 e. The Kier molecular flexibility index (Phi) is 50.2. The van der Waals surface area contributed by atoms with Gasteiger partial charge in [-0.25, -0.2) is 0 Å². The van der Waals surface area contributed by atoms with E-state index in [0.717, 1.165) is 25.7 Å². The van der Waals surface area contributed by atoms with Gasteiger partial charge in [0.15, 0.2) is 0 Å². The number of hydrogen-bond donors (Lipinski definition) is 3. The zero-order chi connectivity index (χ0) is 42.1. The van der Waals surface area contributed by atoms with Crippen molar-refractivity contribution in [1.29, 1.82) is 0 Å². The van der Waals surface area contributed by atoms with E-state index in [1.807, 2.05) is 0 Å². The average molecular weight is 820 g/mol. The van der Waals surface area contributed by atoms with Crippen LogP contribution in [0, 0.1) is 0 Å². The maximum Gasteiger partial charge on any atom is 0.220 e. The molecule has 0 heterocycles. The van der Waals surface area contributed by atoms with Gasteiger partial charge in [-0.1, -0.05) is 303 Å². The quantitative estimate of drug-likeness (QED) is 0.0536. The number of rotatable bonds is 51. The molecular weight excluding hydrogens is 711 g/mol. The first-order chi connectivity index (χ1) is 28.7. The van der Waals surface area contributed by atoms with E-state index in [0.29, 0.717) is 12.8 Å². The molecule has 4 nitrogen and oxygen atoms in total. The second-order valence-corrected chi connectivity index (χ2v) is 19.0. The topological polar surface area (TPSA) is 69.6 Å². The minimum Gasteiger partial charge on any atom is -0.394 e. The first kappa shape index (κ1) is 57.4.